The Labute approximate surface area is 144 Å². The van der Waals surface area contributed by atoms with Gasteiger partial charge < -0.3 is 5.11 Å². The number of sulfone groups is 1. The third-order valence-electron chi connectivity index (χ3n) is 5.07. The SMILES string of the molecule is CC(C)(C)c1cc(CN2CCN(CCO)[C@@H]3CS(=O)(=O)C[C@@H]32)[nH]n1. The van der Waals surface area contributed by atoms with E-state index in [1.54, 1.807) is 0 Å². The fourth-order valence-corrected chi connectivity index (χ4v) is 5.79. The van der Waals surface area contributed by atoms with E-state index in [2.05, 4.69) is 46.8 Å². The molecule has 0 spiro atoms. The van der Waals surface area contributed by atoms with Crippen LogP contribution in [0.1, 0.15) is 32.2 Å². The van der Waals surface area contributed by atoms with Crippen molar-refractivity contribution in [2.45, 2.75) is 44.8 Å². The first kappa shape index (κ1) is 17.8. The van der Waals surface area contributed by atoms with Crippen LogP contribution in [0.15, 0.2) is 6.07 Å². The van der Waals surface area contributed by atoms with Crippen molar-refractivity contribution in [3.05, 3.63) is 17.5 Å². The number of hydrogen-bond donors (Lipinski definition) is 2. The second-order valence-corrected chi connectivity index (χ2v) is 10.1. The number of aliphatic hydroxyl groups excluding tert-OH is 1. The van der Waals surface area contributed by atoms with E-state index >= 15 is 0 Å². The molecule has 136 valence electrons. The van der Waals surface area contributed by atoms with Crippen LogP contribution in [0.2, 0.25) is 0 Å². The quantitative estimate of drug-likeness (QED) is 0.788. The minimum atomic E-state index is -3.01. The molecule has 7 nitrogen and oxygen atoms in total. The van der Waals surface area contributed by atoms with Crippen LogP contribution >= 0.6 is 0 Å². The number of nitrogens with zero attached hydrogens (tertiary/aromatic N) is 3. The van der Waals surface area contributed by atoms with Crippen molar-refractivity contribution in [2.24, 2.45) is 0 Å². The Hall–Kier alpha value is -0.960. The maximum Gasteiger partial charge on any atom is 0.153 e. The summed E-state index contributed by atoms with van der Waals surface area (Å²) in [5.74, 6) is 0.407. The zero-order valence-corrected chi connectivity index (χ0v) is 15.5. The van der Waals surface area contributed by atoms with Crippen LogP contribution in [0.25, 0.3) is 0 Å². The molecule has 2 aliphatic heterocycles. The molecule has 24 heavy (non-hydrogen) atoms. The molecule has 3 rings (SSSR count). The normalized spacial score (nSPS) is 28.2. The van der Waals surface area contributed by atoms with Gasteiger partial charge in [-0.15, -0.1) is 0 Å². The first-order chi connectivity index (χ1) is 11.2. The van der Waals surface area contributed by atoms with Gasteiger partial charge in [0, 0.05) is 49.4 Å². The summed E-state index contributed by atoms with van der Waals surface area (Å²) in [4.78, 5) is 4.38. The number of rotatable bonds is 4. The minimum Gasteiger partial charge on any atom is -0.395 e. The van der Waals surface area contributed by atoms with Gasteiger partial charge in [0.15, 0.2) is 9.84 Å². The first-order valence-corrected chi connectivity index (χ1v) is 10.4. The topological polar surface area (TPSA) is 89.5 Å². The van der Waals surface area contributed by atoms with Gasteiger partial charge in [-0.05, 0) is 6.07 Å². The molecule has 2 atom stereocenters. The lowest BCUT2D eigenvalue weighted by molar-refractivity contribution is 0.0301. The molecule has 3 heterocycles. The molecule has 0 amide bonds. The molecule has 0 radical (unpaired) electrons. The van der Waals surface area contributed by atoms with E-state index < -0.39 is 9.84 Å². The standard InChI is InChI=1S/C16H28N4O3S/c1-16(2,3)15-8-12(17-18-15)9-20-5-4-19(6-7-21)13-10-24(22,23)11-14(13)20/h8,13-14,21H,4-7,9-11H2,1-3H3,(H,17,18)/t13-,14+/m1/s1. The number of hydrogen-bond acceptors (Lipinski definition) is 6. The molecular formula is C16H28N4O3S. The highest BCUT2D eigenvalue weighted by Gasteiger charge is 2.46. The molecule has 2 saturated heterocycles. The highest BCUT2D eigenvalue weighted by Crippen LogP contribution is 2.28. The first-order valence-electron chi connectivity index (χ1n) is 8.54. The Morgan fingerprint density at radius 1 is 1.25 bits per heavy atom. The summed E-state index contributed by atoms with van der Waals surface area (Å²) >= 11 is 0. The summed E-state index contributed by atoms with van der Waals surface area (Å²) in [5, 5.41) is 16.7. The molecule has 2 aliphatic rings. The van der Waals surface area contributed by atoms with Crippen molar-refractivity contribution in [1.29, 1.82) is 0 Å². The van der Waals surface area contributed by atoms with Crippen LogP contribution in [-0.2, 0) is 21.8 Å². The lowest BCUT2D eigenvalue weighted by Crippen LogP contribution is -2.59. The van der Waals surface area contributed by atoms with Crippen LogP contribution in [0.3, 0.4) is 0 Å². The summed E-state index contributed by atoms with van der Waals surface area (Å²) in [7, 11) is -3.01. The van der Waals surface area contributed by atoms with E-state index in [-0.39, 0.29) is 35.6 Å². The van der Waals surface area contributed by atoms with Gasteiger partial charge in [0.25, 0.3) is 0 Å². The van der Waals surface area contributed by atoms with Gasteiger partial charge in [-0.3, -0.25) is 14.9 Å². The van der Waals surface area contributed by atoms with Gasteiger partial charge in [0.2, 0.25) is 0 Å². The Balaban J connectivity index is 1.76. The van der Waals surface area contributed by atoms with Crippen molar-refractivity contribution >= 4 is 9.84 Å². The van der Waals surface area contributed by atoms with Crippen molar-refractivity contribution in [3.63, 3.8) is 0 Å². The van der Waals surface area contributed by atoms with E-state index in [0.717, 1.165) is 24.5 Å². The summed E-state index contributed by atoms with van der Waals surface area (Å²) in [6, 6.07) is 2.07. The maximum atomic E-state index is 12.1. The molecule has 0 saturated carbocycles. The number of aromatic amines is 1. The lowest BCUT2D eigenvalue weighted by Gasteiger charge is -2.43. The van der Waals surface area contributed by atoms with Gasteiger partial charge in [0.05, 0.1) is 23.8 Å². The fraction of sp³-hybridized carbons (Fsp3) is 0.812. The van der Waals surface area contributed by atoms with Crippen LogP contribution < -0.4 is 0 Å². The van der Waals surface area contributed by atoms with Crippen molar-refractivity contribution in [3.8, 4) is 0 Å². The van der Waals surface area contributed by atoms with Crippen LogP contribution in [0.4, 0.5) is 0 Å². The monoisotopic (exact) mass is 356 g/mol. The number of piperazine rings is 1. The second-order valence-electron chi connectivity index (χ2n) is 7.97. The molecule has 0 unspecified atom stereocenters. The van der Waals surface area contributed by atoms with Crippen molar-refractivity contribution in [2.75, 3.05) is 37.7 Å². The third kappa shape index (κ3) is 3.66. The molecular weight excluding hydrogens is 328 g/mol. The van der Waals surface area contributed by atoms with Gasteiger partial charge >= 0.3 is 0 Å². The molecule has 0 aliphatic carbocycles. The molecule has 1 aromatic rings. The largest absolute Gasteiger partial charge is 0.395 e. The molecule has 0 bridgehead atoms. The summed E-state index contributed by atoms with van der Waals surface area (Å²) < 4.78 is 24.3. The van der Waals surface area contributed by atoms with Crippen LogP contribution in [0.5, 0.6) is 0 Å². The summed E-state index contributed by atoms with van der Waals surface area (Å²) in [6.45, 7) is 9.27. The second kappa shape index (κ2) is 6.40. The van der Waals surface area contributed by atoms with E-state index in [4.69, 9.17) is 0 Å². The molecule has 2 N–H and O–H groups in total. The Morgan fingerprint density at radius 2 is 1.88 bits per heavy atom. The van der Waals surface area contributed by atoms with Gasteiger partial charge in [-0.2, -0.15) is 5.10 Å². The van der Waals surface area contributed by atoms with E-state index in [1.807, 2.05) is 0 Å². The smallest absolute Gasteiger partial charge is 0.153 e. The van der Waals surface area contributed by atoms with E-state index in [9.17, 15) is 13.5 Å². The van der Waals surface area contributed by atoms with Crippen molar-refractivity contribution < 1.29 is 13.5 Å². The minimum absolute atomic E-state index is 0.00307. The maximum absolute atomic E-state index is 12.1. The van der Waals surface area contributed by atoms with Crippen molar-refractivity contribution in [1.82, 2.24) is 20.0 Å². The zero-order chi connectivity index (χ0) is 17.5. The summed E-state index contributed by atoms with van der Waals surface area (Å²) in [5.41, 5.74) is 2.04. The van der Waals surface area contributed by atoms with E-state index in [1.165, 1.54) is 0 Å². The highest BCUT2D eigenvalue weighted by molar-refractivity contribution is 7.91. The number of aliphatic hydroxyl groups is 1. The number of nitrogens with one attached hydrogen (secondary N) is 1. The van der Waals surface area contributed by atoms with Gasteiger partial charge in [-0.1, -0.05) is 20.8 Å². The van der Waals surface area contributed by atoms with Gasteiger partial charge in [-0.25, -0.2) is 8.42 Å². The molecule has 8 heteroatoms. The Kier molecular flexibility index (Phi) is 4.76. The Bertz CT molecular complexity index is 680. The average molecular weight is 356 g/mol. The third-order valence-corrected chi connectivity index (χ3v) is 6.76. The van der Waals surface area contributed by atoms with Crippen LogP contribution in [-0.4, -0.2) is 83.4 Å². The summed E-state index contributed by atoms with van der Waals surface area (Å²) in [6.07, 6.45) is 0. The zero-order valence-electron chi connectivity index (χ0n) is 14.7. The molecule has 0 aromatic carbocycles. The number of β-amino-alcohol motifs (C(OH)–C–C–N with tert-alkyl or cyclic N) is 1. The fourth-order valence-electron chi connectivity index (χ4n) is 3.74. The predicted octanol–water partition coefficient (Wildman–Crippen LogP) is -0.0173. The average Bonchev–Trinajstić information content (AvgIpc) is 3.05. The number of aromatic nitrogens is 2. The molecule has 2 fully saturated rings. The number of H-pyrrole nitrogens is 1. The van der Waals surface area contributed by atoms with Gasteiger partial charge in [0.1, 0.15) is 0 Å². The Morgan fingerprint density at radius 3 is 2.46 bits per heavy atom. The predicted molar refractivity (Wildman–Crippen MR) is 92.6 cm³/mol. The van der Waals surface area contributed by atoms with E-state index in [0.29, 0.717) is 13.1 Å². The highest BCUT2D eigenvalue weighted by atomic mass is 32.2. The lowest BCUT2D eigenvalue weighted by atomic mass is 9.92. The number of fused-ring (bicyclic) bond motifs is 1. The molecule has 1 aromatic heterocycles. The van der Waals surface area contributed by atoms with Crippen LogP contribution in [0, 0.1) is 0 Å².